The maximum absolute atomic E-state index is 6.37. The summed E-state index contributed by atoms with van der Waals surface area (Å²) in [5.41, 5.74) is 16.1. The van der Waals surface area contributed by atoms with E-state index in [0.29, 0.717) is 0 Å². The van der Waals surface area contributed by atoms with E-state index in [2.05, 4.69) is 205 Å². The fourth-order valence-corrected chi connectivity index (χ4v) is 10.8. The molecule has 0 fully saturated rings. The van der Waals surface area contributed by atoms with Crippen LogP contribution in [-0.2, 0) is 0 Å². The third-order valence-corrected chi connectivity index (χ3v) is 13.9. The summed E-state index contributed by atoms with van der Waals surface area (Å²) in [7, 11) is 0. The summed E-state index contributed by atoms with van der Waals surface area (Å²) in [6.45, 7) is 0. The van der Waals surface area contributed by atoms with Crippen LogP contribution in [0.25, 0.3) is 109 Å². The van der Waals surface area contributed by atoms with Crippen LogP contribution in [0.1, 0.15) is 0 Å². The van der Waals surface area contributed by atoms with Crippen molar-refractivity contribution in [1.82, 2.24) is 0 Å². The Labute approximate surface area is 373 Å². The van der Waals surface area contributed by atoms with Crippen molar-refractivity contribution in [2.24, 2.45) is 0 Å². The van der Waals surface area contributed by atoms with Crippen LogP contribution in [0.15, 0.2) is 233 Å². The van der Waals surface area contributed by atoms with E-state index < -0.39 is 0 Å². The third-order valence-electron chi connectivity index (χ3n) is 12.7. The monoisotopic (exact) mass is 835 g/mol. The van der Waals surface area contributed by atoms with E-state index in [1.807, 2.05) is 35.6 Å². The molecule has 13 rings (SSSR count). The zero-order valence-corrected chi connectivity index (χ0v) is 35.4. The zero-order valence-electron chi connectivity index (χ0n) is 34.5. The number of hydrogen-bond donors (Lipinski definition) is 0. The van der Waals surface area contributed by atoms with Crippen molar-refractivity contribution in [3.63, 3.8) is 0 Å². The number of rotatable bonds is 7. The minimum atomic E-state index is 0.897. The lowest BCUT2D eigenvalue weighted by Gasteiger charge is -2.26. The first-order valence-corrected chi connectivity index (χ1v) is 22.5. The maximum atomic E-state index is 6.37. The van der Waals surface area contributed by atoms with Crippen LogP contribution in [-0.4, -0.2) is 0 Å². The van der Waals surface area contributed by atoms with Crippen molar-refractivity contribution in [3.05, 3.63) is 224 Å². The van der Waals surface area contributed by atoms with Gasteiger partial charge in [0.05, 0.1) is 0 Å². The number of para-hydroxylation sites is 3. The van der Waals surface area contributed by atoms with Crippen molar-refractivity contribution in [3.8, 4) is 44.5 Å². The summed E-state index contributed by atoms with van der Waals surface area (Å²) in [5.74, 6) is 0. The SMILES string of the molecule is c1ccc2c(c1)oc1c(-c3ccc(-c4ccc(N(c5ccc(-c6cccc7oc8ccccc8c67)cc5)c5ccc(-c6cccc7sc8ccccc8c67)cc5)cc4)cc3)cccc12. The highest BCUT2D eigenvalue weighted by molar-refractivity contribution is 7.25. The second-order valence-electron chi connectivity index (χ2n) is 16.4. The molecule has 0 N–H and O–H groups in total. The first-order chi connectivity index (χ1) is 31.7. The Morgan fingerprint density at radius 3 is 1.41 bits per heavy atom. The lowest BCUT2D eigenvalue weighted by atomic mass is 9.98. The van der Waals surface area contributed by atoms with Crippen LogP contribution in [0.5, 0.6) is 0 Å². The molecule has 64 heavy (non-hydrogen) atoms. The second kappa shape index (κ2) is 14.7. The smallest absolute Gasteiger partial charge is 0.143 e. The molecule has 0 saturated heterocycles. The van der Waals surface area contributed by atoms with Crippen LogP contribution in [0.3, 0.4) is 0 Å². The van der Waals surface area contributed by atoms with Gasteiger partial charge in [-0.25, -0.2) is 0 Å². The molecule has 0 radical (unpaired) electrons. The predicted molar refractivity (Wildman–Crippen MR) is 270 cm³/mol. The minimum absolute atomic E-state index is 0.897. The number of benzene rings is 10. The molecule has 0 unspecified atom stereocenters. The molecule has 0 spiro atoms. The minimum Gasteiger partial charge on any atom is -0.456 e. The van der Waals surface area contributed by atoms with Gasteiger partial charge in [-0.15, -0.1) is 11.3 Å². The average Bonchev–Trinajstić information content (AvgIpc) is 4.07. The maximum Gasteiger partial charge on any atom is 0.143 e. The third kappa shape index (κ3) is 5.95. The topological polar surface area (TPSA) is 29.5 Å². The summed E-state index contributed by atoms with van der Waals surface area (Å²) in [6, 6.07) is 80.4. The van der Waals surface area contributed by atoms with Crippen molar-refractivity contribution in [1.29, 1.82) is 0 Å². The quantitative estimate of drug-likeness (QED) is 0.160. The molecule has 0 aliphatic rings. The van der Waals surface area contributed by atoms with Crippen LogP contribution in [0.2, 0.25) is 0 Å². The lowest BCUT2D eigenvalue weighted by Crippen LogP contribution is -2.09. The van der Waals surface area contributed by atoms with E-state index in [1.165, 1.54) is 31.3 Å². The fourth-order valence-electron chi connectivity index (χ4n) is 9.68. The Bertz CT molecular complexity index is 3720. The van der Waals surface area contributed by atoms with Crippen LogP contribution >= 0.6 is 11.3 Å². The fraction of sp³-hybridized carbons (Fsp3) is 0. The van der Waals surface area contributed by atoms with Gasteiger partial charge in [0.15, 0.2) is 0 Å². The molecule has 3 aromatic heterocycles. The highest BCUT2D eigenvalue weighted by Crippen LogP contribution is 2.44. The Kier molecular flexibility index (Phi) is 8.40. The van der Waals surface area contributed by atoms with Crippen molar-refractivity contribution >= 4 is 92.4 Å². The molecule has 4 heteroatoms. The number of furan rings is 2. The zero-order chi connectivity index (χ0) is 42.1. The largest absolute Gasteiger partial charge is 0.456 e. The Morgan fingerprint density at radius 1 is 0.281 bits per heavy atom. The molecule has 0 amide bonds. The molecule has 0 atom stereocenters. The first-order valence-electron chi connectivity index (χ1n) is 21.6. The van der Waals surface area contributed by atoms with Gasteiger partial charge >= 0.3 is 0 Å². The second-order valence-corrected chi connectivity index (χ2v) is 17.5. The summed E-state index contributed by atoms with van der Waals surface area (Å²) >= 11 is 1.86. The first kappa shape index (κ1) is 36.5. The van der Waals surface area contributed by atoms with E-state index >= 15 is 0 Å². The Hall–Kier alpha value is -8.18. The molecule has 300 valence electrons. The number of fused-ring (bicyclic) bond motifs is 9. The van der Waals surface area contributed by atoms with Gasteiger partial charge in [0.25, 0.3) is 0 Å². The van der Waals surface area contributed by atoms with E-state index in [4.69, 9.17) is 8.83 Å². The van der Waals surface area contributed by atoms with Gasteiger partial charge < -0.3 is 13.7 Å². The van der Waals surface area contributed by atoms with Gasteiger partial charge in [0.1, 0.15) is 22.3 Å². The normalized spacial score (nSPS) is 11.8. The average molecular weight is 836 g/mol. The number of nitrogens with zero attached hydrogens (tertiary/aromatic N) is 1. The summed E-state index contributed by atoms with van der Waals surface area (Å²) in [5, 5.41) is 7.17. The van der Waals surface area contributed by atoms with Gasteiger partial charge in [-0.1, -0.05) is 158 Å². The van der Waals surface area contributed by atoms with Crippen molar-refractivity contribution < 1.29 is 8.83 Å². The van der Waals surface area contributed by atoms with Gasteiger partial charge in [-0.2, -0.15) is 0 Å². The molecule has 0 aliphatic carbocycles. The molecule has 0 bridgehead atoms. The molecular formula is C60H37NO2S. The molecule has 13 aromatic rings. The Balaban J connectivity index is 0.871. The van der Waals surface area contributed by atoms with Crippen molar-refractivity contribution in [2.45, 2.75) is 0 Å². The predicted octanol–water partition coefficient (Wildman–Crippen LogP) is 18.0. The molecule has 10 aromatic carbocycles. The van der Waals surface area contributed by atoms with Crippen molar-refractivity contribution in [2.75, 3.05) is 4.90 Å². The van der Waals surface area contributed by atoms with E-state index in [9.17, 15) is 0 Å². The molecule has 0 saturated carbocycles. The van der Waals surface area contributed by atoms with E-state index in [-0.39, 0.29) is 0 Å². The Morgan fingerprint density at radius 2 is 0.719 bits per heavy atom. The van der Waals surface area contributed by atoms with Gasteiger partial charge in [-0.05, 0) is 106 Å². The van der Waals surface area contributed by atoms with E-state index in [1.54, 1.807) is 0 Å². The van der Waals surface area contributed by atoms with Gasteiger partial charge in [0, 0.05) is 64.3 Å². The van der Waals surface area contributed by atoms with E-state index in [0.717, 1.165) is 94.3 Å². The number of hydrogen-bond acceptors (Lipinski definition) is 4. The van der Waals surface area contributed by atoms with Crippen LogP contribution in [0.4, 0.5) is 17.1 Å². The highest BCUT2D eigenvalue weighted by Gasteiger charge is 2.18. The van der Waals surface area contributed by atoms with Crippen LogP contribution < -0.4 is 4.90 Å². The highest BCUT2D eigenvalue weighted by atomic mass is 32.1. The molecule has 0 aliphatic heterocycles. The molecule has 3 nitrogen and oxygen atoms in total. The molecular weight excluding hydrogens is 799 g/mol. The number of thiophene rings is 1. The lowest BCUT2D eigenvalue weighted by molar-refractivity contribution is 0.669. The molecule has 3 heterocycles. The summed E-state index contributed by atoms with van der Waals surface area (Å²) < 4.78 is 15.2. The van der Waals surface area contributed by atoms with Gasteiger partial charge in [0.2, 0.25) is 0 Å². The van der Waals surface area contributed by atoms with Gasteiger partial charge in [-0.3, -0.25) is 0 Å². The number of anilines is 3. The summed E-state index contributed by atoms with van der Waals surface area (Å²) in [6.07, 6.45) is 0. The standard InChI is InChI=1S/C60H37NO2S/c1-4-17-53-49(10-1)50-16-7-15-48(60(50)63-53)42-24-22-38(23-25-42)39-26-32-43(33-27-39)61(44-34-28-40(29-35-44)46-13-8-19-55-58(46)51-11-2-5-18-54(51)62-55)45-36-30-41(31-37-45)47-14-9-21-57-59(47)52-12-3-6-20-56(52)64-57/h1-37H. The van der Waals surface area contributed by atoms with Crippen LogP contribution in [0, 0.1) is 0 Å². The summed E-state index contributed by atoms with van der Waals surface area (Å²) in [4.78, 5) is 2.35.